The fourth-order valence-electron chi connectivity index (χ4n) is 1.52. The molecule has 0 aliphatic rings. The van der Waals surface area contributed by atoms with Gasteiger partial charge in [0.05, 0.1) is 18.1 Å². The van der Waals surface area contributed by atoms with Gasteiger partial charge in [-0.05, 0) is 38.8 Å². The highest BCUT2D eigenvalue weighted by Gasteiger charge is 2.16. The number of hydrogen-bond donors (Lipinski definition) is 1. The van der Waals surface area contributed by atoms with Gasteiger partial charge in [-0.15, -0.1) is 0 Å². The predicted molar refractivity (Wildman–Crippen MR) is 67.5 cm³/mol. The summed E-state index contributed by atoms with van der Waals surface area (Å²) in [5.74, 6) is -0.622. The Labute approximate surface area is 107 Å². The van der Waals surface area contributed by atoms with Crippen LogP contribution in [0.1, 0.15) is 37.0 Å². The minimum absolute atomic E-state index is 0.164. The van der Waals surface area contributed by atoms with E-state index in [2.05, 4.69) is 6.07 Å². The van der Waals surface area contributed by atoms with Crippen LogP contribution in [0.25, 0.3) is 0 Å². The maximum absolute atomic E-state index is 10.9. The van der Waals surface area contributed by atoms with Gasteiger partial charge in [0.2, 0.25) is 0 Å². The van der Waals surface area contributed by atoms with Crippen LogP contribution >= 0.6 is 0 Å². The molecule has 18 heavy (non-hydrogen) atoms. The molecule has 0 amide bonds. The topological polar surface area (TPSA) is 70.3 Å². The highest BCUT2D eigenvalue weighted by atomic mass is 16.5. The predicted octanol–water partition coefficient (Wildman–Crippen LogP) is 3.09. The summed E-state index contributed by atoms with van der Waals surface area (Å²) in [6.07, 6.45) is 1.44. The summed E-state index contributed by atoms with van der Waals surface area (Å²) in [6, 6.07) is 8.77. The molecule has 1 aromatic rings. The summed E-state index contributed by atoms with van der Waals surface area (Å²) in [5.41, 5.74) is -0.201. The summed E-state index contributed by atoms with van der Waals surface area (Å²) >= 11 is 0. The highest BCUT2D eigenvalue weighted by Crippen LogP contribution is 2.22. The van der Waals surface area contributed by atoms with Crippen LogP contribution in [0, 0.1) is 16.7 Å². The van der Waals surface area contributed by atoms with Crippen molar-refractivity contribution in [2.24, 2.45) is 5.41 Å². The lowest BCUT2D eigenvalue weighted by atomic mass is 9.90. The van der Waals surface area contributed by atoms with Crippen molar-refractivity contribution in [2.45, 2.75) is 26.7 Å². The molecule has 0 bridgehead atoms. The molecule has 0 aromatic heterocycles. The Kier molecular flexibility index (Phi) is 4.73. The van der Waals surface area contributed by atoms with Crippen LogP contribution in [-0.4, -0.2) is 17.7 Å². The number of carbonyl (C=O) groups is 1. The second-order valence-electron chi connectivity index (χ2n) is 4.75. The fourth-order valence-corrected chi connectivity index (χ4v) is 1.52. The van der Waals surface area contributed by atoms with Gasteiger partial charge >= 0.3 is 5.97 Å². The summed E-state index contributed by atoms with van der Waals surface area (Å²) < 4.78 is 5.45. The number of rotatable bonds is 6. The van der Waals surface area contributed by atoms with Gasteiger partial charge in [0.15, 0.2) is 0 Å². The highest BCUT2D eigenvalue weighted by molar-refractivity contribution is 5.90. The molecule has 0 aliphatic heterocycles. The molecule has 0 radical (unpaired) electrons. The first kappa shape index (κ1) is 14.0. The maximum Gasteiger partial charge on any atom is 0.339 e. The lowest BCUT2D eigenvalue weighted by Crippen LogP contribution is -2.11. The number of para-hydroxylation sites is 1. The number of carboxylic acids is 1. The van der Waals surface area contributed by atoms with E-state index >= 15 is 0 Å². The van der Waals surface area contributed by atoms with Crippen LogP contribution in [0.15, 0.2) is 24.3 Å². The number of hydrogen-bond acceptors (Lipinski definition) is 3. The largest absolute Gasteiger partial charge is 0.493 e. The summed E-state index contributed by atoms with van der Waals surface area (Å²) in [5, 5.41) is 17.8. The molecule has 4 nitrogen and oxygen atoms in total. The monoisotopic (exact) mass is 247 g/mol. The molecular weight excluding hydrogens is 230 g/mol. The third-order valence-electron chi connectivity index (χ3n) is 2.62. The quantitative estimate of drug-likeness (QED) is 0.784. The Bertz CT molecular complexity index is 460. The van der Waals surface area contributed by atoms with E-state index < -0.39 is 5.97 Å². The van der Waals surface area contributed by atoms with E-state index in [-0.39, 0.29) is 11.0 Å². The van der Waals surface area contributed by atoms with Crippen LogP contribution in [0.5, 0.6) is 5.75 Å². The standard InChI is InChI=1S/C14H17NO3/c1-14(2,10-15)8-5-9-18-12-7-4-3-6-11(12)13(16)17/h3-4,6-7H,5,8-9H2,1-2H3,(H,16,17). The van der Waals surface area contributed by atoms with Crippen molar-refractivity contribution in [3.8, 4) is 11.8 Å². The first-order chi connectivity index (χ1) is 8.46. The molecule has 0 saturated carbocycles. The zero-order valence-corrected chi connectivity index (χ0v) is 10.6. The number of carboxylic acid groups (broad SMARTS) is 1. The molecule has 0 saturated heterocycles. The minimum atomic E-state index is -0.997. The van der Waals surface area contributed by atoms with E-state index in [1.54, 1.807) is 18.2 Å². The van der Waals surface area contributed by atoms with Crippen LogP contribution in [0.4, 0.5) is 0 Å². The molecule has 0 fully saturated rings. The zero-order chi connectivity index (χ0) is 13.6. The molecular formula is C14H17NO3. The summed E-state index contributed by atoms with van der Waals surface area (Å²) in [6.45, 7) is 4.16. The zero-order valence-electron chi connectivity index (χ0n) is 10.6. The molecule has 1 N–H and O–H groups in total. The van der Waals surface area contributed by atoms with Crippen LogP contribution in [0.2, 0.25) is 0 Å². The van der Waals surface area contributed by atoms with E-state index in [0.29, 0.717) is 18.8 Å². The lowest BCUT2D eigenvalue weighted by Gasteiger charge is -2.15. The number of aromatic carboxylic acids is 1. The molecule has 0 atom stereocenters. The molecule has 1 rings (SSSR count). The Morgan fingerprint density at radius 1 is 1.44 bits per heavy atom. The molecule has 96 valence electrons. The Hall–Kier alpha value is -2.02. The van der Waals surface area contributed by atoms with Crippen molar-refractivity contribution < 1.29 is 14.6 Å². The van der Waals surface area contributed by atoms with Gasteiger partial charge in [0.25, 0.3) is 0 Å². The Balaban J connectivity index is 2.50. The first-order valence-corrected chi connectivity index (χ1v) is 5.83. The van der Waals surface area contributed by atoms with Crippen molar-refractivity contribution in [1.82, 2.24) is 0 Å². The van der Waals surface area contributed by atoms with E-state index in [4.69, 9.17) is 15.1 Å². The van der Waals surface area contributed by atoms with E-state index in [1.165, 1.54) is 6.07 Å². The number of nitrogens with zero attached hydrogens (tertiary/aromatic N) is 1. The van der Waals surface area contributed by atoms with Gasteiger partial charge in [-0.1, -0.05) is 12.1 Å². The number of ether oxygens (including phenoxy) is 1. The van der Waals surface area contributed by atoms with Gasteiger partial charge < -0.3 is 9.84 Å². The van der Waals surface area contributed by atoms with Crippen molar-refractivity contribution >= 4 is 5.97 Å². The lowest BCUT2D eigenvalue weighted by molar-refractivity contribution is 0.0692. The SMILES string of the molecule is CC(C)(C#N)CCCOc1ccccc1C(=O)O. The Morgan fingerprint density at radius 3 is 2.72 bits per heavy atom. The second kappa shape index (κ2) is 6.06. The van der Waals surface area contributed by atoms with Gasteiger partial charge in [0.1, 0.15) is 11.3 Å². The maximum atomic E-state index is 10.9. The second-order valence-corrected chi connectivity index (χ2v) is 4.75. The fraction of sp³-hybridized carbons (Fsp3) is 0.429. The van der Waals surface area contributed by atoms with Crippen LogP contribution in [-0.2, 0) is 0 Å². The molecule has 1 aromatic carbocycles. The van der Waals surface area contributed by atoms with E-state index in [0.717, 1.165) is 6.42 Å². The smallest absolute Gasteiger partial charge is 0.339 e. The average Bonchev–Trinajstić information content (AvgIpc) is 2.35. The molecule has 0 unspecified atom stereocenters. The van der Waals surface area contributed by atoms with Crippen molar-refractivity contribution in [2.75, 3.05) is 6.61 Å². The normalized spacial score (nSPS) is 10.7. The number of nitriles is 1. The minimum Gasteiger partial charge on any atom is -0.493 e. The molecule has 4 heteroatoms. The van der Waals surface area contributed by atoms with Gasteiger partial charge in [-0.25, -0.2) is 4.79 Å². The van der Waals surface area contributed by atoms with Gasteiger partial charge in [-0.2, -0.15) is 5.26 Å². The van der Waals surface area contributed by atoms with Crippen molar-refractivity contribution in [3.05, 3.63) is 29.8 Å². The van der Waals surface area contributed by atoms with E-state index in [1.807, 2.05) is 13.8 Å². The third-order valence-corrected chi connectivity index (χ3v) is 2.62. The van der Waals surface area contributed by atoms with E-state index in [9.17, 15) is 4.79 Å². The van der Waals surface area contributed by atoms with Crippen LogP contribution < -0.4 is 4.74 Å². The molecule has 0 aliphatic carbocycles. The number of benzene rings is 1. The summed E-state index contributed by atoms with van der Waals surface area (Å²) in [4.78, 5) is 10.9. The van der Waals surface area contributed by atoms with Crippen molar-refractivity contribution in [1.29, 1.82) is 5.26 Å². The molecule has 0 spiro atoms. The third kappa shape index (κ3) is 4.10. The molecule has 0 heterocycles. The van der Waals surface area contributed by atoms with Gasteiger partial charge in [-0.3, -0.25) is 0 Å². The average molecular weight is 247 g/mol. The Morgan fingerprint density at radius 2 is 2.11 bits per heavy atom. The van der Waals surface area contributed by atoms with Crippen LogP contribution in [0.3, 0.4) is 0 Å². The summed E-state index contributed by atoms with van der Waals surface area (Å²) in [7, 11) is 0. The first-order valence-electron chi connectivity index (χ1n) is 5.83. The van der Waals surface area contributed by atoms with Crippen molar-refractivity contribution in [3.63, 3.8) is 0 Å². The van der Waals surface area contributed by atoms with Gasteiger partial charge in [0, 0.05) is 0 Å².